The third-order valence-corrected chi connectivity index (χ3v) is 3.13. The first-order valence-electron chi connectivity index (χ1n) is 4.28. The standard InChI is InChI=1S/C11H7Cl2NS/c12-8-3-4-11(10(13)6-8)14-7-9-2-1-5-15-9/h1-7H. The minimum absolute atomic E-state index is 0.565. The highest BCUT2D eigenvalue weighted by Crippen LogP contribution is 2.27. The number of aliphatic imine (C=N–C) groups is 1. The highest BCUT2D eigenvalue weighted by Gasteiger charge is 1.98. The van der Waals surface area contributed by atoms with Crippen LogP contribution in [0.5, 0.6) is 0 Å². The Bertz CT molecular complexity index is 477. The summed E-state index contributed by atoms with van der Waals surface area (Å²) in [5, 5.41) is 3.19. The van der Waals surface area contributed by atoms with Crippen molar-refractivity contribution in [2.45, 2.75) is 0 Å². The van der Waals surface area contributed by atoms with Crippen molar-refractivity contribution in [2.75, 3.05) is 0 Å². The molecule has 1 nitrogen and oxygen atoms in total. The molecule has 2 aromatic rings. The number of rotatable bonds is 2. The highest BCUT2D eigenvalue weighted by molar-refractivity contribution is 7.11. The first-order chi connectivity index (χ1) is 7.25. The minimum atomic E-state index is 0.565. The van der Waals surface area contributed by atoms with Gasteiger partial charge in [0, 0.05) is 16.1 Å². The molecule has 0 fully saturated rings. The summed E-state index contributed by atoms with van der Waals surface area (Å²) in [4.78, 5) is 5.38. The summed E-state index contributed by atoms with van der Waals surface area (Å²) in [5.41, 5.74) is 0.731. The molecular formula is C11H7Cl2NS. The zero-order chi connectivity index (χ0) is 10.7. The molecule has 0 saturated carbocycles. The Labute approximate surface area is 102 Å². The molecule has 1 aromatic heterocycles. The Morgan fingerprint density at radius 1 is 1.20 bits per heavy atom. The van der Waals surface area contributed by atoms with Crippen LogP contribution in [-0.2, 0) is 0 Å². The van der Waals surface area contributed by atoms with Crippen molar-refractivity contribution in [3.63, 3.8) is 0 Å². The molecule has 2 rings (SSSR count). The van der Waals surface area contributed by atoms with Crippen LogP contribution in [0.15, 0.2) is 40.7 Å². The largest absolute Gasteiger partial charge is 0.254 e. The van der Waals surface area contributed by atoms with Crippen LogP contribution in [0.3, 0.4) is 0 Å². The van der Waals surface area contributed by atoms with Crippen LogP contribution in [0, 0.1) is 0 Å². The summed E-state index contributed by atoms with van der Waals surface area (Å²) in [5.74, 6) is 0. The molecule has 0 unspecified atom stereocenters. The van der Waals surface area contributed by atoms with Crippen LogP contribution in [0.25, 0.3) is 0 Å². The summed E-state index contributed by atoms with van der Waals surface area (Å²) in [6.45, 7) is 0. The van der Waals surface area contributed by atoms with Gasteiger partial charge < -0.3 is 0 Å². The van der Waals surface area contributed by atoms with E-state index in [9.17, 15) is 0 Å². The summed E-state index contributed by atoms with van der Waals surface area (Å²) >= 11 is 13.4. The van der Waals surface area contributed by atoms with Gasteiger partial charge in [-0.2, -0.15) is 0 Å². The lowest BCUT2D eigenvalue weighted by Gasteiger charge is -1.97. The fraction of sp³-hybridized carbons (Fsp3) is 0. The average Bonchev–Trinajstić information content (AvgIpc) is 2.69. The maximum Gasteiger partial charge on any atom is 0.0817 e. The van der Waals surface area contributed by atoms with E-state index in [1.807, 2.05) is 17.5 Å². The van der Waals surface area contributed by atoms with Crippen molar-refractivity contribution in [2.24, 2.45) is 4.99 Å². The van der Waals surface area contributed by atoms with E-state index in [1.165, 1.54) is 0 Å². The van der Waals surface area contributed by atoms with E-state index in [4.69, 9.17) is 23.2 Å². The van der Waals surface area contributed by atoms with Gasteiger partial charge in [-0.1, -0.05) is 29.3 Å². The Kier molecular flexibility index (Phi) is 3.41. The lowest BCUT2D eigenvalue weighted by atomic mass is 10.3. The number of benzene rings is 1. The first kappa shape index (κ1) is 10.7. The van der Waals surface area contributed by atoms with Gasteiger partial charge in [0.1, 0.15) is 0 Å². The van der Waals surface area contributed by atoms with Crippen LogP contribution in [-0.4, -0.2) is 6.21 Å². The Morgan fingerprint density at radius 3 is 2.73 bits per heavy atom. The molecule has 0 bridgehead atoms. The summed E-state index contributed by atoms with van der Waals surface area (Å²) in [6, 6.07) is 9.24. The molecule has 1 heterocycles. The fourth-order valence-electron chi connectivity index (χ4n) is 1.08. The SMILES string of the molecule is Clc1ccc(N=Cc2cccs2)c(Cl)c1. The van der Waals surface area contributed by atoms with Gasteiger partial charge in [-0.15, -0.1) is 11.3 Å². The van der Waals surface area contributed by atoms with Gasteiger partial charge in [0.2, 0.25) is 0 Å². The Hall–Kier alpha value is -0.830. The zero-order valence-corrected chi connectivity index (χ0v) is 9.98. The maximum atomic E-state index is 5.97. The van der Waals surface area contributed by atoms with Crippen LogP contribution in [0.4, 0.5) is 5.69 Å². The molecule has 1 aromatic carbocycles. The van der Waals surface area contributed by atoms with E-state index < -0.39 is 0 Å². The first-order valence-corrected chi connectivity index (χ1v) is 5.92. The van der Waals surface area contributed by atoms with Gasteiger partial charge in [-0.25, -0.2) is 0 Å². The lowest BCUT2D eigenvalue weighted by molar-refractivity contribution is 1.54. The number of halogens is 2. The molecule has 4 heteroatoms. The van der Waals surface area contributed by atoms with Crippen LogP contribution >= 0.6 is 34.5 Å². The van der Waals surface area contributed by atoms with E-state index in [0.717, 1.165) is 10.6 Å². The van der Waals surface area contributed by atoms with Gasteiger partial charge >= 0.3 is 0 Å². The Balaban J connectivity index is 2.24. The maximum absolute atomic E-state index is 5.97. The predicted molar refractivity (Wildman–Crippen MR) is 68.0 cm³/mol. The molecule has 0 saturated heterocycles. The predicted octanol–water partition coefficient (Wildman–Crippen LogP) is 4.81. The monoisotopic (exact) mass is 255 g/mol. The normalized spacial score (nSPS) is 11.1. The smallest absolute Gasteiger partial charge is 0.0817 e. The van der Waals surface area contributed by atoms with E-state index in [1.54, 1.807) is 35.8 Å². The molecular weight excluding hydrogens is 249 g/mol. The number of hydrogen-bond acceptors (Lipinski definition) is 2. The average molecular weight is 256 g/mol. The second-order valence-electron chi connectivity index (χ2n) is 2.87. The number of thiophene rings is 1. The molecule has 0 aliphatic carbocycles. The van der Waals surface area contributed by atoms with Crippen molar-refractivity contribution in [1.82, 2.24) is 0 Å². The molecule has 0 aliphatic rings. The van der Waals surface area contributed by atoms with Gasteiger partial charge in [-0.3, -0.25) is 4.99 Å². The summed E-state index contributed by atoms with van der Waals surface area (Å²) in [7, 11) is 0. The summed E-state index contributed by atoms with van der Waals surface area (Å²) in [6.07, 6.45) is 1.79. The van der Waals surface area contributed by atoms with E-state index in [0.29, 0.717) is 10.0 Å². The minimum Gasteiger partial charge on any atom is -0.254 e. The van der Waals surface area contributed by atoms with Crippen LogP contribution < -0.4 is 0 Å². The second-order valence-corrected chi connectivity index (χ2v) is 4.69. The van der Waals surface area contributed by atoms with E-state index in [-0.39, 0.29) is 0 Å². The van der Waals surface area contributed by atoms with Gasteiger partial charge in [-0.05, 0) is 29.6 Å². The third kappa shape index (κ3) is 2.81. The second kappa shape index (κ2) is 4.79. The van der Waals surface area contributed by atoms with Crippen LogP contribution in [0.2, 0.25) is 10.0 Å². The molecule has 0 amide bonds. The molecule has 0 N–H and O–H groups in total. The van der Waals surface area contributed by atoms with Crippen molar-refractivity contribution in [3.05, 3.63) is 50.6 Å². The summed E-state index contributed by atoms with van der Waals surface area (Å²) < 4.78 is 0. The van der Waals surface area contributed by atoms with Gasteiger partial charge in [0.15, 0.2) is 0 Å². The molecule has 0 radical (unpaired) electrons. The highest BCUT2D eigenvalue weighted by atomic mass is 35.5. The fourth-order valence-corrected chi connectivity index (χ4v) is 2.13. The Morgan fingerprint density at radius 2 is 2.07 bits per heavy atom. The molecule has 0 atom stereocenters. The van der Waals surface area contributed by atoms with Crippen molar-refractivity contribution >= 4 is 46.4 Å². The van der Waals surface area contributed by atoms with E-state index >= 15 is 0 Å². The third-order valence-electron chi connectivity index (χ3n) is 1.78. The van der Waals surface area contributed by atoms with Crippen molar-refractivity contribution in [1.29, 1.82) is 0 Å². The van der Waals surface area contributed by atoms with Crippen LogP contribution in [0.1, 0.15) is 4.88 Å². The molecule has 15 heavy (non-hydrogen) atoms. The number of nitrogens with zero attached hydrogens (tertiary/aromatic N) is 1. The lowest BCUT2D eigenvalue weighted by Crippen LogP contribution is -1.73. The molecule has 0 aliphatic heterocycles. The van der Waals surface area contributed by atoms with Crippen molar-refractivity contribution < 1.29 is 0 Å². The number of hydrogen-bond donors (Lipinski definition) is 0. The van der Waals surface area contributed by atoms with E-state index in [2.05, 4.69) is 4.99 Å². The van der Waals surface area contributed by atoms with Crippen molar-refractivity contribution in [3.8, 4) is 0 Å². The quantitative estimate of drug-likeness (QED) is 0.684. The van der Waals surface area contributed by atoms with Gasteiger partial charge in [0.05, 0.1) is 10.7 Å². The zero-order valence-electron chi connectivity index (χ0n) is 7.65. The molecule has 76 valence electrons. The molecule has 0 spiro atoms. The van der Waals surface area contributed by atoms with Gasteiger partial charge in [0.25, 0.3) is 0 Å². The topological polar surface area (TPSA) is 12.4 Å².